The zero-order valence-electron chi connectivity index (χ0n) is 15.0. The predicted octanol–water partition coefficient (Wildman–Crippen LogP) is 3.44. The number of benzene rings is 1. The summed E-state index contributed by atoms with van der Waals surface area (Å²) in [5.41, 5.74) is 0.538. The van der Waals surface area contributed by atoms with Crippen LogP contribution < -0.4 is 5.32 Å². The highest BCUT2D eigenvalue weighted by atomic mass is 19.4. The molecule has 2 atom stereocenters. The molecule has 1 aromatic heterocycles. The molecule has 0 saturated carbocycles. The van der Waals surface area contributed by atoms with E-state index in [9.17, 15) is 22.4 Å². The van der Waals surface area contributed by atoms with Crippen LogP contribution in [-0.2, 0) is 11.3 Å². The number of hydrogen-bond donors (Lipinski definition) is 1. The van der Waals surface area contributed by atoms with Crippen LogP contribution in [0.3, 0.4) is 0 Å². The maximum atomic E-state index is 14.3. The molecular formula is C18H21F4N3O2. The van der Waals surface area contributed by atoms with Gasteiger partial charge in [0.1, 0.15) is 18.4 Å². The van der Waals surface area contributed by atoms with E-state index in [1.165, 1.54) is 12.1 Å². The molecule has 1 aliphatic heterocycles. The molecule has 0 aliphatic carbocycles. The highest BCUT2D eigenvalue weighted by Gasteiger charge is 2.32. The number of nitrogens with one attached hydrogen (secondary N) is 1. The van der Waals surface area contributed by atoms with Crippen LogP contribution in [0, 0.1) is 0 Å². The van der Waals surface area contributed by atoms with Gasteiger partial charge in [-0.1, -0.05) is 6.07 Å². The number of rotatable bonds is 4. The van der Waals surface area contributed by atoms with Gasteiger partial charge in [-0.3, -0.25) is 0 Å². The number of fused-ring (bicyclic) bond motifs is 1. The predicted molar refractivity (Wildman–Crippen MR) is 93.8 cm³/mol. The van der Waals surface area contributed by atoms with Crippen molar-refractivity contribution in [1.29, 1.82) is 0 Å². The first-order valence-corrected chi connectivity index (χ1v) is 8.56. The van der Waals surface area contributed by atoms with Crippen molar-refractivity contribution >= 4 is 22.6 Å². The number of aromatic nitrogens is 1. The van der Waals surface area contributed by atoms with Gasteiger partial charge in [0.15, 0.2) is 0 Å². The Labute approximate surface area is 153 Å². The van der Waals surface area contributed by atoms with Gasteiger partial charge in [0.2, 0.25) is 0 Å². The summed E-state index contributed by atoms with van der Waals surface area (Å²) < 4.78 is 58.9. The molecule has 2 aromatic rings. The lowest BCUT2D eigenvalue weighted by Crippen LogP contribution is -2.46. The minimum absolute atomic E-state index is 0.195. The number of alkyl halides is 4. The van der Waals surface area contributed by atoms with E-state index in [1.54, 1.807) is 12.1 Å². The fourth-order valence-corrected chi connectivity index (χ4v) is 3.45. The third-order valence-corrected chi connectivity index (χ3v) is 4.76. The summed E-state index contributed by atoms with van der Waals surface area (Å²) in [6.07, 6.45) is -5.03. The number of carbonyl (C=O) groups is 1. The van der Waals surface area contributed by atoms with Crippen LogP contribution in [0.4, 0.5) is 23.2 Å². The number of nitrogens with zero attached hydrogens (tertiary/aromatic N) is 2. The Bertz CT molecular complexity index is 834. The van der Waals surface area contributed by atoms with Gasteiger partial charge in [-0.2, -0.15) is 13.2 Å². The van der Waals surface area contributed by atoms with Crippen LogP contribution in [0.15, 0.2) is 24.3 Å². The molecule has 1 aromatic carbocycles. The van der Waals surface area contributed by atoms with Gasteiger partial charge in [0.05, 0.1) is 18.7 Å². The standard InChI is InChI=1S/C18H21F4N3O2/c1-24-7-6-14(12(19)9-24)23-13-4-3-5-15-11(13)8-16(17(26)27-2)25(15)10-18(20,21)22/h3-5,8,12,14,23H,6-7,9-10H2,1-2H3/t12?,14-/m1/s1. The maximum Gasteiger partial charge on any atom is 0.406 e. The Morgan fingerprint density at radius 2 is 2.11 bits per heavy atom. The second-order valence-electron chi connectivity index (χ2n) is 6.78. The highest BCUT2D eigenvalue weighted by molar-refractivity contribution is 6.00. The Hall–Kier alpha value is -2.29. The van der Waals surface area contributed by atoms with E-state index in [-0.39, 0.29) is 17.8 Å². The molecule has 148 valence electrons. The number of methoxy groups -OCH3 is 1. The molecule has 0 spiro atoms. The lowest BCUT2D eigenvalue weighted by Gasteiger charge is -2.33. The monoisotopic (exact) mass is 387 g/mol. The van der Waals surface area contributed by atoms with Crippen LogP contribution in [-0.4, -0.2) is 61.1 Å². The van der Waals surface area contributed by atoms with E-state index in [0.717, 1.165) is 18.2 Å². The summed E-state index contributed by atoms with van der Waals surface area (Å²) in [6, 6.07) is 5.67. The van der Waals surface area contributed by atoms with Crippen molar-refractivity contribution in [2.24, 2.45) is 0 Å². The minimum Gasteiger partial charge on any atom is -0.464 e. The molecule has 0 bridgehead atoms. The first-order chi connectivity index (χ1) is 12.7. The number of hydrogen-bond acceptors (Lipinski definition) is 4. The van der Waals surface area contributed by atoms with E-state index in [2.05, 4.69) is 10.1 Å². The third-order valence-electron chi connectivity index (χ3n) is 4.76. The number of likely N-dealkylation sites (tertiary alicyclic amines) is 1. The molecule has 5 nitrogen and oxygen atoms in total. The lowest BCUT2D eigenvalue weighted by atomic mass is 10.0. The average Bonchev–Trinajstić information content (AvgIpc) is 2.94. The lowest BCUT2D eigenvalue weighted by molar-refractivity contribution is -0.140. The van der Waals surface area contributed by atoms with E-state index in [4.69, 9.17) is 0 Å². The number of anilines is 1. The van der Waals surface area contributed by atoms with Gasteiger partial charge < -0.3 is 19.5 Å². The van der Waals surface area contributed by atoms with Crippen molar-refractivity contribution in [3.63, 3.8) is 0 Å². The number of halogens is 4. The second kappa shape index (κ2) is 7.38. The van der Waals surface area contributed by atoms with Gasteiger partial charge in [-0.05, 0) is 31.7 Å². The summed E-state index contributed by atoms with van der Waals surface area (Å²) >= 11 is 0. The van der Waals surface area contributed by atoms with Crippen molar-refractivity contribution in [3.8, 4) is 0 Å². The van der Waals surface area contributed by atoms with Gasteiger partial charge in [-0.25, -0.2) is 9.18 Å². The topological polar surface area (TPSA) is 46.5 Å². The summed E-state index contributed by atoms with van der Waals surface area (Å²) in [5.74, 6) is -0.857. The smallest absolute Gasteiger partial charge is 0.406 e. The first kappa shape index (κ1) is 19.5. The van der Waals surface area contributed by atoms with Crippen LogP contribution in [0.25, 0.3) is 10.9 Å². The molecule has 2 heterocycles. The molecular weight excluding hydrogens is 366 g/mol. The molecule has 1 N–H and O–H groups in total. The van der Waals surface area contributed by atoms with E-state index >= 15 is 0 Å². The number of carbonyl (C=O) groups excluding carboxylic acids is 1. The Morgan fingerprint density at radius 1 is 1.37 bits per heavy atom. The molecule has 1 unspecified atom stereocenters. The van der Waals surface area contributed by atoms with Crippen molar-refractivity contribution in [2.45, 2.75) is 31.4 Å². The Kier molecular flexibility index (Phi) is 5.32. The van der Waals surface area contributed by atoms with Gasteiger partial charge in [0, 0.05) is 24.2 Å². The Balaban J connectivity index is 2.01. The van der Waals surface area contributed by atoms with Crippen LogP contribution >= 0.6 is 0 Å². The number of ether oxygens (including phenoxy) is 1. The normalized spacial score (nSPS) is 21.4. The fourth-order valence-electron chi connectivity index (χ4n) is 3.45. The average molecular weight is 387 g/mol. The zero-order chi connectivity index (χ0) is 19.8. The Morgan fingerprint density at radius 3 is 2.74 bits per heavy atom. The highest BCUT2D eigenvalue weighted by Crippen LogP contribution is 2.32. The SMILES string of the molecule is COC(=O)c1cc2c(N[C@@H]3CCN(C)CC3F)cccc2n1CC(F)(F)F. The quantitative estimate of drug-likeness (QED) is 0.645. The molecule has 0 radical (unpaired) electrons. The molecule has 0 amide bonds. The largest absolute Gasteiger partial charge is 0.464 e. The number of esters is 1. The summed E-state index contributed by atoms with van der Waals surface area (Å²) in [6.45, 7) is -0.308. The molecule has 1 aliphatic rings. The molecule has 3 rings (SSSR count). The van der Waals surface area contributed by atoms with E-state index < -0.39 is 30.9 Å². The number of piperidine rings is 1. The van der Waals surface area contributed by atoms with Crippen molar-refractivity contribution in [2.75, 3.05) is 32.6 Å². The van der Waals surface area contributed by atoms with Gasteiger partial charge in [-0.15, -0.1) is 0 Å². The molecule has 1 fully saturated rings. The van der Waals surface area contributed by atoms with Crippen molar-refractivity contribution in [3.05, 3.63) is 30.0 Å². The third kappa shape index (κ3) is 4.18. The summed E-state index contributed by atoms with van der Waals surface area (Å²) in [7, 11) is 2.95. The van der Waals surface area contributed by atoms with Crippen LogP contribution in [0.5, 0.6) is 0 Å². The van der Waals surface area contributed by atoms with E-state index in [1.807, 2.05) is 11.9 Å². The van der Waals surface area contributed by atoms with Crippen LogP contribution in [0.1, 0.15) is 16.9 Å². The van der Waals surface area contributed by atoms with Gasteiger partial charge >= 0.3 is 12.1 Å². The summed E-state index contributed by atoms with van der Waals surface area (Å²) in [4.78, 5) is 13.9. The fraction of sp³-hybridized carbons (Fsp3) is 0.500. The summed E-state index contributed by atoms with van der Waals surface area (Å²) in [5, 5.41) is 3.53. The molecule has 9 heteroatoms. The van der Waals surface area contributed by atoms with Crippen LogP contribution in [0.2, 0.25) is 0 Å². The van der Waals surface area contributed by atoms with Crippen molar-refractivity contribution < 1.29 is 27.1 Å². The first-order valence-electron chi connectivity index (χ1n) is 8.56. The van der Waals surface area contributed by atoms with Gasteiger partial charge in [0.25, 0.3) is 0 Å². The maximum absolute atomic E-state index is 14.3. The molecule has 1 saturated heterocycles. The zero-order valence-corrected chi connectivity index (χ0v) is 15.0. The van der Waals surface area contributed by atoms with Crippen molar-refractivity contribution in [1.82, 2.24) is 9.47 Å². The minimum atomic E-state index is -4.50. The molecule has 27 heavy (non-hydrogen) atoms. The second-order valence-corrected chi connectivity index (χ2v) is 6.78. The van der Waals surface area contributed by atoms with E-state index in [0.29, 0.717) is 17.5 Å².